The number of nitrogens with zero attached hydrogens (tertiary/aromatic N) is 1. The first-order valence-corrected chi connectivity index (χ1v) is 7.60. The van der Waals surface area contributed by atoms with Gasteiger partial charge in [0.1, 0.15) is 0 Å². The Morgan fingerprint density at radius 1 is 1.43 bits per heavy atom. The Bertz CT molecular complexity index is 404. The van der Waals surface area contributed by atoms with Crippen LogP contribution in [0.15, 0.2) is 0 Å². The van der Waals surface area contributed by atoms with Crippen molar-refractivity contribution >= 4 is 11.8 Å². The molecule has 2 saturated heterocycles. The molecule has 120 valence electrons. The average Bonchev–Trinajstić information content (AvgIpc) is 2.84. The standard InChI is InChI=1S/C14H23F2N3O2/c1-2-5-17-12(20)10-4-3-6-19(8-10)13(21)11-7-14(15,16)9-18-11/h10-11,18H,2-9H2,1H3,(H,17,20). The van der Waals surface area contributed by atoms with Gasteiger partial charge in [-0.3, -0.25) is 14.9 Å². The van der Waals surface area contributed by atoms with Crippen LogP contribution < -0.4 is 10.6 Å². The molecule has 0 aromatic heterocycles. The lowest BCUT2D eigenvalue weighted by Crippen LogP contribution is -2.50. The summed E-state index contributed by atoms with van der Waals surface area (Å²) in [6.45, 7) is 3.03. The highest BCUT2D eigenvalue weighted by molar-refractivity contribution is 5.84. The van der Waals surface area contributed by atoms with Crippen molar-refractivity contribution in [3.63, 3.8) is 0 Å². The highest BCUT2D eigenvalue weighted by Gasteiger charge is 2.44. The summed E-state index contributed by atoms with van der Waals surface area (Å²) >= 11 is 0. The molecule has 7 heteroatoms. The van der Waals surface area contributed by atoms with E-state index in [0.717, 1.165) is 19.3 Å². The van der Waals surface area contributed by atoms with Crippen molar-refractivity contribution in [3.05, 3.63) is 0 Å². The van der Waals surface area contributed by atoms with Crippen LogP contribution in [0.5, 0.6) is 0 Å². The van der Waals surface area contributed by atoms with Crippen LogP contribution in [0, 0.1) is 5.92 Å². The van der Waals surface area contributed by atoms with Gasteiger partial charge in [-0.1, -0.05) is 6.92 Å². The zero-order chi connectivity index (χ0) is 15.5. The van der Waals surface area contributed by atoms with E-state index in [1.165, 1.54) is 0 Å². The fourth-order valence-corrected chi connectivity index (χ4v) is 2.89. The van der Waals surface area contributed by atoms with Crippen molar-refractivity contribution < 1.29 is 18.4 Å². The third-order valence-corrected chi connectivity index (χ3v) is 4.06. The highest BCUT2D eigenvalue weighted by atomic mass is 19.3. The topological polar surface area (TPSA) is 61.4 Å². The number of hydrogen-bond donors (Lipinski definition) is 2. The van der Waals surface area contributed by atoms with Crippen molar-refractivity contribution in [1.82, 2.24) is 15.5 Å². The van der Waals surface area contributed by atoms with E-state index in [9.17, 15) is 18.4 Å². The molecular weight excluding hydrogens is 280 g/mol. The van der Waals surface area contributed by atoms with Gasteiger partial charge in [-0.25, -0.2) is 8.78 Å². The summed E-state index contributed by atoms with van der Waals surface area (Å²) in [5, 5.41) is 5.41. The number of carbonyl (C=O) groups is 2. The molecule has 0 saturated carbocycles. The highest BCUT2D eigenvalue weighted by Crippen LogP contribution is 2.27. The van der Waals surface area contributed by atoms with Gasteiger partial charge in [0.05, 0.1) is 18.5 Å². The van der Waals surface area contributed by atoms with Gasteiger partial charge >= 0.3 is 0 Å². The SMILES string of the molecule is CCCNC(=O)C1CCCN(C(=O)C2CC(F)(F)CN2)C1. The molecule has 2 fully saturated rings. The second kappa shape index (κ2) is 6.68. The molecule has 21 heavy (non-hydrogen) atoms. The second-order valence-corrected chi connectivity index (χ2v) is 5.91. The summed E-state index contributed by atoms with van der Waals surface area (Å²) in [6, 6.07) is -0.822. The smallest absolute Gasteiger partial charge is 0.262 e. The number of likely N-dealkylation sites (tertiary alicyclic amines) is 1. The van der Waals surface area contributed by atoms with E-state index >= 15 is 0 Å². The quantitative estimate of drug-likeness (QED) is 0.805. The lowest BCUT2D eigenvalue weighted by atomic mass is 9.96. The molecule has 0 aromatic carbocycles. The Morgan fingerprint density at radius 2 is 2.19 bits per heavy atom. The minimum atomic E-state index is -2.81. The predicted molar refractivity (Wildman–Crippen MR) is 74.0 cm³/mol. The molecule has 0 aliphatic carbocycles. The molecule has 2 heterocycles. The zero-order valence-electron chi connectivity index (χ0n) is 12.3. The van der Waals surface area contributed by atoms with Crippen molar-refractivity contribution in [2.24, 2.45) is 5.92 Å². The lowest BCUT2D eigenvalue weighted by Gasteiger charge is -2.33. The van der Waals surface area contributed by atoms with Crippen LogP contribution in [0.2, 0.25) is 0 Å². The number of amides is 2. The minimum Gasteiger partial charge on any atom is -0.356 e. The van der Waals surface area contributed by atoms with Gasteiger partial charge < -0.3 is 10.2 Å². The van der Waals surface area contributed by atoms with E-state index in [1.807, 2.05) is 6.92 Å². The van der Waals surface area contributed by atoms with Crippen LogP contribution in [-0.2, 0) is 9.59 Å². The van der Waals surface area contributed by atoms with Gasteiger partial charge in [0.25, 0.3) is 5.92 Å². The molecule has 0 aromatic rings. The van der Waals surface area contributed by atoms with Crippen molar-refractivity contribution in [3.8, 4) is 0 Å². The Hall–Kier alpha value is -1.24. The maximum absolute atomic E-state index is 13.2. The van der Waals surface area contributed by atoms with E-state index in [1.54, 1.807) is 4.90 Å². The van der Waals surface area contributed by atoms with Crippen LogP contribution in [0.1, 0.15) is 32.6 Å². The van der Waals surface area contributed by atoms with E-state index in [4.69, 9.17) is 0 Å². The minimum absolute atomic E-state index is 0.0425. The largest absolute Gasteiger partial charge is 0.356 e. The van der Waals surface area contributed by atoms with Gasteiger partial charge in [-0.15, -0.1) is 0 Å². The van der Waals surface area contributed by atoms with E-state index in [0.29, 0.717) is 19.6 Å². The first-order chi connectivity index (χ1) is 9.93. The van der Waals surface area contributed by atoms with Gasteiger partial charge in [0.2, 0.25) is 11.8 Å². The third kappa shape index (κ3) is 4.12. The third-order valence-electron chi connectivity index (χ3n) is 4.06. The van der Waals surface area contributed by atoms with E-state index in [2.05, 4.69) is 10.6 Å². The van der Waals surface area contributed by atoms with Gasteiger partial charge in [-0.05, 0) is 19.3 Å². The Morgan fingerprint density at radius 3 is 2.81 bits per heavy atom. The molecule has 2 atom stereocenters. The molecule has 2 amide bonds. The molecular formula is C14H23F2N3O2. The molecule has 2 rings (SSSR count). The lowest BCUT2D eigenvalue weighted by molar-refractivity contribution is -0.137. The first kappa shape index (κ1) is 16.1. The fourth-order valence-electron chi connectivity index (χ4n) is 2.89. The maximum atomic E-state index is 13.2. The number of alkyl halides is 2. The summed E-state index contributed by atoms with van der Waals surface area (Å²) in [5.41, 5.74) is 0. The molecule has 0 spiro atoms. The van der Waals surface area contributed by atoms with E-state index < -0.39 is 24.9 Å². The molecule has 0 bridgehead atoms. The number of halogens is 2. The van der Waals surface area contributed by atoms with Crippen LogP contribution >= 0.6 is 0 Å². The summed E-state index contributed by atoms with van der Waals surface area (Å²) in [6.07, 6.45) is 1.89. The van der Waals surface area contributed by atoms with Crippen LogP contribution in [0.25, 0.3) is 0 Å². The van der Waals surface area contributed by atoms with Crippen molar-refractivity contribution in [1.29, 1.82) is 0 Å². The molecule has 2 aliphatic heterocycles. The normalized spacial score (nSPS) is 28.4. The molecule has 2 aliphatic rings. The van der Waals surface area contributed by atoms with Crippen molar-refractivity contribution in [2.45, 2.75) is 44.6 Å². The monoisotopic (exact) mass is 303 g/mol. The summed E-state index contributed by atoms with van der Waals surface area (Å²) in [7, 11) is 0. The van der Waals surface area contributed by atoms with Gasteiger partial charge in [0.15, 0.2) is 0 Å². The fraction of sp³-hybridized carbons (Fsp3) is 0.857. The Balaban J connectivity index is 1.89. The second-order valence-electron chi connectivity index (χ2n) is 5.91. The summed E-state index contributed by atoms with van der Waals surface area (Å²) in [5.74, 6) is -3.39. The van der Waals surface area contributed by atoms with Gasteiger partial charge in [-0.2, -0.15) is 0 Å². The Labute approximate surface area is 123 Å². The summed E-state index contributed by atoms with van der Waals surface area (Å²) < 4.78 is 26.3. The number of carbonyl (C=O) groups excluding carboxylic acids is 2. The molecule has 5 nitrogen and oxygen atoms in total. The van der Waals surface area contributed by atoms with Crippen LogP contribution in [-0.4, -0.2) is 54.9 Å². The maximum Gasteiger partial charge on any atom is 0.262 e. The number of nitrogens with one attached hydrogen (secondary N) is 2. The number of hydrogen-bond acceptors (Lipinski definition) is 3. The molecule has 0 radical (unpaired) electrons. The molecule has 2 N–H and O–H groups in total. The Kier molecular flexibility index (Phi) is 5.13. The first-order valence-electron chi connectivity index (χ1n) is 7.60. The van der Waals surface area contributed by atoms with Crippen molar-refractivity contribution in [2.75, 3.05) is 26.2 Å². The number of piperidine rings is 1. The van der Waals surface area contributed by atoms with Crippen LogP contribution in [0.4, 0.5) is 8.78 Å². The van der Waals surface area contributed by atoms with Crippen LogP contribution in [0.3, 0.4) is 0 Å². The molecule has 2 unspecified atom stereocenters. The van der Waals surface area contributed by atoms with Gasteiger partial charge in [0, 0.05) is 26.1 Å². The number of rotatable bonds is 4. The summed E-state index contributed by atoms with van der Waals surface area (Å²) in [4.78, 5) is 25.8. The van der Waals surface area contributed by atoms with E-state index in [-0.39, 0.29) is 17.7 Å². The average molecular weight is 303 g/mol. The zero-order valence-corrected chi connectivity index (χ0v) is 12.3. The predicted octanol–water partition coefficient (Wildman–Crippen LogP) is 0.748.